The lowest BCUT2D eigenvalue weighted by Crippen LogP contribution is -2.57. The van der Waals surface area contributed by atoms with Crippen molar-refractivity contribution in [1.82, 2.24) is 15.1 Å². The minimum atomic E-state index is -1.28. The molecule has 1 saturated heterocycles. The van der Waals surface area contributed by atoms with Crippen LogP contribution in [0.25, 0.3) is 0 Å². The number of nitrogens with two attached hydrogens (primary N) is 1. The van der Waals surface area contributed by atoms with E-state index in [1.807, 2.05) is 14.0 Å². The fourth-order valence-electron chi connectivity index (χ4n) is 2.21. The van der Waals surface area contributed by atoms with Crippen LogP contribution in [0, 0.1) is 0 Å². The lowest BCUT2D eigenvalue weighted by atomic mass is 10.1. The Morgan fingerprint density at radius 3 is 2.55 bits per heavy atom. The number of hydrogen-bond acceptors (Lipinski definition) is 4. The first kappa shape index (κ1) is 16.2. The van der Waals surface area contributed by atoms with Gasteiger partial charge in [-0.3, -0.25) is 9.69 Å². The van der Waals surface area contributed by atoms with Crippen molar-refractivity contribution in [3.8, 4) is 0 Å². The first-order valence-electron chi connectivity index (χ1n) is 6.62. The number of nitrogens with zero attached hydrogens (tertiary/aromatic N) is 2. The molecule has 0 radical (unpaired) electrons. The van der Waals surface area contributed by atoms with Crippen LogP contribution in [0.15, 0.2) is 0 Å². The van der Waals surface area contributed by atoms with Gasteiger partial charge in [0.05, 0.1) is 6.42 Å². The maximum atomic E-state index is 12.0. The number of urea groups is 1. The number of hydrogen-bond donors (Lipinski definition) is 3. The van der Waals surface area contributed by atoms with Gasteiger partial charge < -0.3 is 21.1 Å². The summed E-state index contributed by atoms with van der Waals surface area (Å²) in [6.07, 6.45) is 0.496. The van der Waals surface area contributed by atoms with Crippen molar-refractivity contribution in [2.75, 3.05) is 26.7 Å². The summed E-state index contributed by atoms with van der Waals surface area (Å²) in [5.74, 6) is -2.03. The molecule has 0 aromatic carbocycles. The van der Waals surface area contributed by atoms with Crippen molar-refractivity contribution in [3.63, 3.8) is 0 Å². The number of carbonyl (C=O) groups is 3. The number of nitrogens with one attached hydrogen (secondary N) is 1. The van der Waals surface area contributed by atoms with Crippen LogP contribution in [0.3, 0.4) is 0 Å². The van der Waals surface area contributed by atoms with E-state index >= 15 is 0 Å². The number of rotatable bonds is 5. The molecule has 3 amide bonds. The molecule has 114 valence electrons. The van der Waals surface area contributed by atoms with Crippen LogP contribution in [0.5, 0.6) is 0 Å². The highest BCUT2D eigenvalue weighted by Crippen LogP contribution is 2.11. The second-order valence-corrected chi connectivity index (χ2v) is 5.00. The zero-order chi connectivity index (χ0) is 15.3. The molecule has 0 spiro atoms. The fraction of sp³-hybridized carbons (Fsp3) is 0.750. The second kappa shape index (κ2) is 7.09. The van der Waals surface area contributed by atoms with Crippen LogP contribution in [0.2, 0.25) is 0 Å². The minimum absolute atomic E-state index is 0.258. The molecule has 1 heterocycles. The van der Waals surface area contributed by atoms with Crippen molar-refractivity contribution in [2.45, 2.75) is 31.8 Å². The first-order chi connectivity index (χ1) is 9.35. The average molecular weight is 286 g/mol. The Labute approximate surface area is 117 Å². The van der Waals surface area contributed by atoms with Gasteiger partial charge in [0.25, 0.3) is 0 Å². The van der Waals surface area contributed by atoms with Gasteiger partial charge in [0.2, 0.25) is 5.91 Å². The Morgan fingerprint density at radius 1 is 1.40 bits per heavy atom. The van der Waals surface area contributed by atoms with Gasteiger partial charge in [-0.25, -0.2) is 9.59 Å². The van der Waals surface area contributed by atoms with Gasteiger partial charge in [-0.15, -0.1) is 0 Å². The predicted octanol–water partition coefficient (Wildman–Crippen LogP) is -0.949. The van der Waals surface area contributed by atoms with Crippen LogP contribution >= 0.6 is 0 Å². The third kappa shape index (κ3) is 4.37. The van der Waals surface area contributed by atoms with Gasteiger partial charge in [0.15, 0.2) is 0 Å². The van der Waals surface area contributed by atoms with E-state index in [1.54, 1.807) is 4.90 Å². The quantitative estimate of drug-likeness (QED) is 0.602. The van der Waals surface area contributed by atoms with E-state index in [2.05, 4.69) is 10.2 Å². The molecule has 0 bridgehead atoms. The Hall–Kier alpha value is -1.83. The summed E-state index contributed by atoms with van der Waals surface area (Å²) in [4.78, 5) is 37.6. The van der Waals surface area contributed by atoms with Gasteiger partial charge in [-0.05, 0) is 13.5 Å². The van der Waals surface area contributed by atoms with Crippen molar-refractivity contribution in [3.05, 3.63) is 0 Å². The number of primary amides is 1. The van der Waals surface area contributed by atoms with Crippen LogP contribution < -0.4 is 11.1 Å². The molecule has 8 heteroatoms. The summed E-state index contributed by atoms with van der Waals surface area (Å²) in [5, 5.41) is 11.3. The molecule has 4 N–H and O–H groups in total. The topological polar surface area (TPSA) is 116 Å². The molecule has 0 saturated carbocycles. The van der Waals surface area contributed by atoms with Gasteiger partial charge in [0.1, 0.15) is 6.04 Å². The Balaban J connectivity index is 2.60. The molecule has 1 aliphatic rings. The zero-order valence-electron chi connectivity index (χ0n) is 11.8. The van der Waals surface area contributed by atoms with E-state index in [4.69, 9.17) is 10.8 Å². The molecular formula is C12H22N4O4. The largest absolute Gasteiger partial charge is 0.480 e. The van der Waals surface area contributed by atoms with Crippen LogP contribution in [-0.2, 0) is 9.59 Å². The highest BCUT2D eigenvalue weighted by molar-refractivity contribution is 5.87. The zero-order valence-corrected chi connectivity index (χ0v) is 11.8. The predicted molar refractivity (Wildman–Crippen MR) is 72.0 cm³/mol. The number of piperazine rings is 1. The molecule has 2 atom stereocenters. The molecule has 1 unspecified atom stereocenters. The monoisotopic (exact) mass is 286 g/mol. The number of aliphatic carboxylic acids is 1. The SMILES string of the molecule is CCC1CN(C(=O)N[C@H](CC(N)=O)C(=O)O)CCN1C. The molecule has 1 fully saturated rings. The van der Waals surface area contributed by atoms with Crippen molar-refractivity contribution in [1.29, 1.82) is 0 Å². The van der Waals surface area contributed by atoms with E-state index in [0.29, 0.717) is 13.1 Å². The normalized spacial score (nSPS) is 21.3. The fourth-order valence-corrected chi connectivity index (χ4v) is 2.21. The molecule has 0 aromatic rings. The van der Waals surface area contributed by atoms with Gasteiger partial charge in [0, 0.05) is 25.7 Å². The highest BCUT2D eigenvalue weighted by atomic mass is 16.4. The summed E-state index contributed by atoms with van der Waals surface area (Å²) < 4.78 is 0. The van der Waals surface area contributed by atoms with Crippen molar-refractivity contribution < 1.29 is 19.5 Å². The lowest BCUT2D eigenvalue weighted by molar-refractivity contribution is -0.141. The number of carboxylic acid groups (broad SMARTS) is 1. The summed E-state index contributed by atoms with van der Waals surface area (Å²) in [6, 6.07) is -1.49. The lowest BCUT2D eigenvalue weighted by Gasteiger charge is -2.39. The Morgan fingerprint density at radius 2 is 2.05 bits per heavy atom. The second-order valence-electron chi connectivity index (χ2n) is 5.00. The van der Waals surface area contributed by atoms with Crippen LogP contribution in [0.1, 0.15) is 19.8 Å². The number of amides is 3. The van der Waals surface area contributed by atoms with Gasteiger partial charge >= 0.3 is 12.0 Å². The van der Waals surface area contributed by atoms with Crippen molar-refractivity contribution >= 4 is 17.9 Å². The minimum Gasteiger partial charge on any atom is -0.480 e. The third-order valence-electron chi connectivity index (χ3n) is 3.54. The Bertz CT molecular complexity index is 388. The average Bonchev–Trinajstić information content (AvgIpc) is 2.37. The maximum absolute atomic E-state index is 12.0. The summed E-state index contributed by atoms with van der Waals surface area (Å²) >= 11 is 0. The first-order valence-corrected chi connectivity index (χ1v) is 6.62. The van der Waals surface area contributed by atoms with Crippen LogP contribution in [-0.4, -0.2) is 71.6 Å². The molecule has 20 heavy (non-hydrogen) atoms. The number of carboxylic acids is 1. The smallest absolute Gasteiger partial charge is 0.326 e. The summed E-state index contributed by atoms with van der Waals surface area (Å²) in [6.45, 7) is 3.85. The molecule has 1 aliphatic heterocycles. The highest BCUT2D eigenvalue weighted by Gasteiger charge is 2.29. The van der Waals surface area contributed by atoms with E-state index in [9.17, 15) is 14.4 Å². The Kier molecular flexibility index (Phi) is 5.75. The molecule has 0 aromatic heterocycles. The van der Waals surface area contributed by atoms with E-state index in [1.165, 1.54) is 0 Å². The molecular weight excluding hydrogens is 264 g/mol. The van der Waals surface area contributed by atoms with E-state index in [-0.39, 0.29) is 6.04 Å². The number of carbonyl (C=O) groups excluding carboxylic acids is 2. The standard InChI is InChI=1S/C12H22N4O4/c1-3-8-7-16(5-4-15(8)2)12(20)14-9(11(18)19)6-10(13)17/h8-9H,3-7H2,1-2H3,(H2,13,17)(H,14,20)(H,18,19)/t8?,9-/m1/s1. The van der Waals surface area contributed by atoms with Gasteiger partial charge in [-0.2, -0.15) is 0 Å². The molecule has 1 rings (SSSR count). The van der Waals surface area contributed by atoms with E-state index in [0.717, 1.165) is 13.0 Å². The van der Waals surface area contributed by atoms with Crippen molar-refractivity contribution in [2.24, 2.45) is 5.73 Å². The molecule has 0 aliphatic carbocycles. The summed E-state index contributed by atoms with van der Waals surface area (Å²) in [7, 11) is 2.00. The maximum Gasteiger partial charge on any atom is 0.326 e. The van der Waals surface area contributed by atoms with Crippen LogP contribution in [0.4, 0.5) is 4.79 Å². The third-order valence-corrected chi connectivity index (χ3v) is 3.54. The summed E-state index contributed by atoms with van der Waals surface area (Å²) in [5.41, 5.74) is 4.97. The van der Waals surface area contributed by atoms with E-state index < -0.39 is 30.4 Å². The molecule has 8 nitrogen and oxygen atoms in total. The van der Waals surface area contributed by atoms with Gasteiger partial charge in [-0.1, -0.05) is 6.92 Å². The number of likely N-dealkylation sites (N-methyl/N-ethyl adjacent to an activating group) is 1.